The van der Waals surface area contributed by atoms with Crippen LogP contribution in [0.1, 0.15) is 18.2 Å². The van der Waals surface area contributed by atoms with E-state index in [9.17, 15) is 0 Å². The van der Waals surface area contributed by atoms with Crippen LogP contribution in [0.5, 0.6) is 0 Å². The highest BCUT2D eigenvalue weighted by molar-refractivity contribution is 7.13. The second kappa shape index (κ2) is 6.93. The van der Waals surface area contributed by atoms with Crippen LogP contribution in [0.3, 0.4) is 0 Å². The second-order valence-corrected chi connectivity index (χ2v) is 6.61. The molecule has 3 heterocycles. The summed E-state index contributed by atoms with van der Waals surface area (Å²) in [6.07, 6.45) is 2.86. The summed E-state index contributed by atoms with van der Waals surface area (Å²) in [5.41, 5.74) is 3.42. The van der Waals surface area contributed by atoms with Crippen LogP contribution >= 0.6 is 22.7 Å². The summed E-state index contributed by atoms with van der Waals surface area (Å²) in [7, 11) is 0. The first-order valence-corrected chi connectivity index (χ1v) is 8.74. The van der Waals surface area contributed by atoms with E-state index in [0.717, 1.165) is 29.4 Å². The number of nitrogens with one attached hydrogen (secondary N) is 1. The minimum Gasteiger partial charge on any atom is -0.308 e. The maximum absolute atomic E-state index is 4.65. The fraction of sp³-hybridized carbons (Fsp3) is 0.250. The van der Waals surface area contributed by atoms with E-state index >= 15 is 0 Å². The third-order valence-electron chi connectivity index (χ3n) is 3.19. The number of rotatable bonds is 6. The quantitative estimate of drug-likeness (QED) is 0.747. The Bertz CT molecular complexity index is 662. The molecule has 3 rings (SSSR count). The molecule has 0 aromatic carbocycles. The summed E-state index contributed by atoms with van der Waals surface area (Å²) in [6, 6.07) is 8.54. The normalized spacial score (nSPS) is 12.4. The molecule has 0 fully saturated rings. The maximum Gasteiger partial charge on any atom is 0.142 e. The summed E-state index contributed by atoms with van der Waals surface area (Å²) in [4.78, 5) is 8.98. The van der Waals surface area contributed by atoms with Crippen molar-refractivity contribution in [2.45, 2.75) is 25.9 Å². The van der Waals surface area contributed by atoms with Gasteiger partial charge in [0.2, 0.25) is 0 Å². The summed E-state index contributed by atoms with van der Waals surface area (Å²) < 4.78 is 0. The van der Waals surface area contributed by atoms with Gasteiger partial charge < -0.3 is 5.32 Å². The molecule has 21 heavy (non-hydrogen) atoms. The molecule has 0 spiro atoms. The molecule has 3 nitrogen and oxygen atoms in total. The minimum atomic E-state index is 0.444. The summed E-state index contributed by atoms with van der Waals surface area (Å²) in [5, 5.41) is 11.0. The molecule has 0 saturated heterocycles. The van der Waals surface area contributed by atoms with E-state index in [1.807, 2.05) is 18.2 Å². The van der Waals surface area contributed by atoms with Crippen molar-refractivity contribution < 1.29 is 0 Å². The second-order valence-electron chi connectivity index (χ2n) is 4.98. The van der Waals surface area contributed by atoms with Gasteiger partial charge in [-0.1, -0.05) is 6.07 Å². The fourth-order valence-electron chi connectivity index (χ4n) is 2.11. The molecule has 1 atom stereocenters. The Kier molecular flexibility index (Phi) is 4.75. The summed E-state index contributed by atoms with van der Waals surface area (Å²) in [6.45, 7) is 3.01. The molecule has 3 aromatic heterocycles. The van der Waals surface area contributed by atoms with E-state index in [-0.39, 0.29) is 0 Å². The lowest BCUT2D eigenvalue weighted by Crippen LogP contribution is -2.27. The average Bonchev–Trinajstić information content (AvgIpc) is 3.17. The lowest BCUT2D eigenvalue weighted by molar-refractivity contribution is 0.542. The van der Waals surface area contributed by atoms with E-state index in [1.54, 1.807) is 28.9 Å². The van der Waals surface area contributed by atoms with Crippen molar-refractivity contribution in [3.63, 3.8) is 0 Å². The lowest BCUT2D eigenvalue weighted by Gasteiger charge is -2.11. The first kappa shape index (κ1) is 14.4. The number of nitrogens with zero attached hydrogens (tertiary/aromatic N) is 2. The molecule has 0 amide bonds. The van der Waals surface area contributed by atoms with Crippen molar-refractivity contribution in [1.82, 2.24) is 15.3 Å². The Morgan fingerprint density at radius 3 is 2.95 bits per heavy atom. The number of aromatic nitrogens is 2. The standard InChI is InChI=1S/C16H17N3S2/c1-12(8-13-5-7-20-10-13)18-9-14-11-21-16(19-14)15-4-2-3-6-17-15/h2-7,10-12,18H,8-9H2,1H3. The number of thiophene rings is 1. The highest BCUT2D eigenvalue weighted by Crippen LogP contribution is 2.21. The summed E-state index contributed by atoms with van der Waals surface area (Å²) in [5.74, 6) is 0. The van der Waals surface area contributed by atoms with Gasteiger partial charge in [0.1, 0.15) is 5.01 Å². The Labute approximate surface area is 132 Å². The van der Waals surface area contributed by atoms with Gasteiger partial charge in [0.15, 0.2) is 0 Å². The van der Waals surface area contributed by atoms with Crippen LogP contribution < -0.4 is 5.32 Å². The third-order valence-corrected chi connectivity index (χ3v) is 4.84. The highest BCUT2D eigenvalue weighted by Gasteiger charge is 2.07. The van der Waals surface area contributed by atoms with Crippen LogP contribution in [-0.2, 0) is 13.0 Å². The molecule has 1 unspecified atom stereocenters. The summed E-state index contributed by atoms with van der Waals surface area (Å²) >= 11 is 3.40. The van der Waals surface area contributed by atoms with E-state index in [0.29, 0.717) is 6.04 Å². The van der Waals surface area contributed by atoms with Gasteiger partial charge in [0, 0.05) is 24.2 Å². The number of hydrogen-bond acceptors (Lipinski definition) is 5. The zero-order valence-corrected chi connectivity index (χ0v) is 13.5. The largest absolute Gasteiger partial charge is 0.308 e. The van der Waals surface area contributed by atoms with Gasteiger partial charge in [-0.05, 0) is 47.9 Å². The average molecular weight is 315 g/mol. The number of thiazole rings is 1. The van der Waals surface area contributed by atoms with Crippen molar-refractivity contribution in [2.75, 3.05) is 0 Å². The molecular weight excluding hydrogens is 298 g/mol. The van der Waals surface area contributed by atoms with Crippen molar-refractivity contribution >= 4 is 22.7 Å². The molecular formula is C16H17N3S2. The van der Waals surface area contributed by atoms with Gasteiger partial charge in [-0.3, -0.25) is 4.98 Å². The predicted molar refractivity (Wildman–Crippen MR) is 89.7 cm³/mol. The van der Waals surface area contributed by atoms with Gasteiger partial charge in [0.25, 0.3) is 0 Å². The Morgan fingerprint density at radius 2 is 2.19 bits per heavy atom. The molecule has 0 aliphatic rings. The Hall–Kier alpha value is -1.56. The molecule has 1 N–H and O–H groups in total. The van der Waals surface area contributed by atoms with Crippen LogP contribution in [0.2, 0.25) is 0 Å². The molecule has 108 valence electrons. The first-order chi connectivity index (χ1) is 10.3. The molecule has 0 aliphatic heterocycles. The smallest absolute Gasteiger partial charge is 0.142 e. The van der Waals surface area contributed by atoms with Crippen LogP contribution in [0.25, 0.3) is 10.7 Å². The van der Waals surface area contributed by atoms with Gasteiger partial charge in [-0.25, -0.2) is 4.98 Å². The highest BCUT2D eigenvalue weighted by atomic mass is 32.1. The van der Waals surface area contributed by atoms with Crippen LogP contribution in [-0.4, -0.2) is 16.0 Å². The van der Waals surface area contributed by atoms with Gasteiger partial charge in [-0.2, -0.15) is 11.3 Å². The minimum absolute atomic E-state index is 0.444. The van der Waals surface area contributed by atoms with E-state index in [1.165, 1.54) is 5.56 Å². The third kappa shape index (κ3) is 3.97. The van der Waals surface area contributed by atoms with E-state index in [2.05, 4.69) is 44.4 Å². The SMILES string of the molecule is CC(Cc1ccsc1)NCc1csc(-c2ccccn2)n1. The van der Waals surface area contributed by atoms with Crippen molar-refractivity contribution in [1.29, 1.82) is 0 Å². The van der Waals surface area contributed by atoms with Gasteiger partial charge in [-0.15, -0.1) is 11.3 Å². The van der Waals surface area contributed by atoms with Crippen molar-refractivity contribution in [3.05, 3.63) is 57.9 Å². The first-order valence-electron chi connectivity index (χ1n) is 6.91. The molecule has 3 aromatic rings. The zero-order valence-electron chi connectivity index (χ0n) is 11.8. The zero-order chi connectivity index (χ0) is 14.5. The van der Waals surface area contributed by atoms with Gasteiger partial charge in [0.05, 0.1) is 11.4 Å². The van der Waals surface area contributed by atoms with E-state index < -0.39 is 0 Å². The molecule has 5 heteroatoms. The molecule has 0 saturated carbocycles. The molecule has 0 aliphatic carbocycles. The maximum atomic E-state index is 4.65. The number of hydrogen-bond donors (Lipinski definition) is 1. The number of pyridine rings is 1. The Balaban J connectivity index is 1.55. The van der Waals surface area contributed by atoms with Crippen LogP contribution in [0.4, 0.5) is 0 Å². The molecule has 0 radical (unpaired) electrons. The predicted octanol–water partition coefficient (Wildman–Crippen LogP) is 3.99. The Morgan fingerprint density at radius 1 is 1.24 bits per heavy atom. The van der Waals surface area contributed by atoms with E-state index in [4.69, 9.17) is 0 Å². The topological polar surface area (TPSA) is 37.8 Å². The van der Waals surface area contributed by atoms with Crippen molar-refractivity contribution in [2.24, 2.45) is 0 Å². The van der Waals surface area contributed by atoms with Crippen LogP contribution in [0.15, 0.2) is 46.6 Å². The van der Waals surface area contributed by atoms with Crippen LogP contribution in [0, 0.1) is 0 Å². The monoisotopic (exact) mass is 315 g/mol. The fourth-order valence-corrected chi connectivity index (χ4v) is 3.59. The lowest BCUT2D eigenvalue weighted by atomic mass is 10.1. The van der Waals surface area contributed by atoms with Crippen molar-refractivity contribution in [3.8, 4) is 10.7 Å². The van der Waals surface area contributed by atoms with Gasteiger partial charge >= 0.3 is 0 Å². The molecule has 0 bridgehead atoms.